The molecule has 1 amide bonds. The van der Waals surface area contributed by atoms with E-state index in [1.54, 1.807) is 7.11 Å². The zero-order chi connectivity index (χ0) is 16.8. The number of hydrogen-bond donors (Lipinski definition) is 0. The summed E-state index contributed by atoms with van der Waals surface area (Å²) in [5.41, 5.74) is 0. The molecular formula is C19H35N3O2. The van der Waals surface area contributed by atoms with Gasteiger partial charge in [0.15, 0.2) is 0 Å². The van der Waals surface area contributed by atoms with Crippen molar-refractivity contribution in [2.45, 2.75) is 51.0 Å². The van der Waals surface area contributed by atoms with Gasteiger partial charge in [0.05, 0.1) is 6.54 Å². The van der Waals surface area contributed by atoms with E-state index in [0.717, 1.165) is 57.8 Å². The number of piperazine rings is 1. The van der Waals surface area contributed by atoms with Crippen LogP contribution in [-0.4, -0.2) is 86.2 Å². The molecule has 5 nitrogen and oxygen atoms in total. The molecule has 3 aliphatic rings. The van der Waals surface area contributed by atoms with Gasteiger partial charge in [-0.2, -0.15) is 0 Å². The molecule has 0 bridgehead atoms. The lowest BCUT2D eigenvalue weighted by molar-refractivity contribution is -0.134. The van der Waals surface area contributed by atoms with Crippen molar-refractivity contribution >= 4 is 5.91 Å². The zero-order valence-electron chi connectivity index (χ0n) is 15.4. The molecule has 1 aliphatic carbocycles. The second kappa shape index (κ2) is 9.16. The monoisotopic (exact) mass is 337 g/mol. The van der Waals surface area contributed by atoms with Gasteiger partial charge >= 0.3 is 0 Å². The molecule has 0 aromatic heterocycles. The highest BCUT2D eigenvalue weighted by atomic mass is 16.5. The van der Waals surface area contributed by atoms with Crippen molar-refractivity contribution in [1.82, 2.24) is 14.7 Å². The quantitative estimate of drug-likeness (QED) is 0.741. The summed E-state index contributed by atoms with van der Waals surface area (Å²) in [6, 6.07) is 0.799. The summed E-state index contributed by atoms with van der Waals surface area (Å²) >= 11 is 0. The van der Waals surface area contributed by atoms with Crippen molar-refractivity contribution in [3.8, 4) is 0 Å². The second-order valence-electron chi connectivity index (χ2n) is 7.86. The van der Waals surface area contributed by atoms with Crippen LogP contribution in [0.15, 0.2) is 0 Å². The van der Waals surface area contributed by atoms with Crippen LogP contribution in [0, 0.1) is 5.92 Å². The van der Waals surface area contributed by atoms with E-state index < -0.39 is 0 Å². The van der Waals surface area contributed by atoms with Crippen LogP contribution in [-0.2, 0) is 9.53 Å². The number of carbonyl (C=O) groups is 1. The predicted octanol–water partition coefficient (Wildman–Crippen LogP) is 1.82. The lowest BCUT2D eigenvalue weighted by Crippen LogP contribution is -2.53. The van der Waals surface area contributed by atoms with E-state index in [1.807, 2.05) is 0 Å². The molecule has 0 spiro atoms. The normalized spacial score (nSPS) is 25.5. The lowest BCUT2D eigenvalue weighted by Gasteiger charge is -2.39. The molecule has 0 atom stereocenters. The van der Waals surface area contributed by atoms with Gasteiger partial charge in [0, 0.05) is 45.9 Å². The lowest BCUT2D eigenvalue weighted by atomic mass is 9.94. The zero-order valence-corrected chi connectivity index (χ0v) is 15.4. The van der Waals surface area contributed by atoms with Gasteiger partial charge in [-0.1, -0.05) is 12.8 Å². The minimum atomic E-state index is 0.344. The first-order valence-corrected chi connectivity index (χ1v) is 9.99. The first-order chi connectivity index (χ1) is 11.8. The molecule has 2 aliphatic heterocycles. The number of piperidine rings is 1. The van der Waals surface area contributed by atoms with Crippen molar-refractivity contribution in [2.24, 2.45) is 5.92 Å². The third-order valence-electron chi connectivity index (χ3n) is 6.30. The van der Waals surface area contributed by atoms with E-state index in [1.165, 1.54) is 44.9 Å². The van der Waals surface area contributed by atoms with E-state index in [0.29, 0.717) is 12.5 Å². The van der Waals surface area contributed by atoms with E-state index in [4.69, 9.17) is 4.74 Å². The molecule has 3 rings (SSSR count). The van der Waals surface area contributed by atoms with Gasteiger partial charge in [0.2, 0.25) is 5.91 Å². The average Bonchev–Trinajstić information content (AvgIpc) is 3.16. The summed E-state index contributed by atoms with van der Waals surface area (Å²) in [4.78, 5) is 19.7. The standard InChI is InChI=1S/C19H35N3O2/c1-24-15-8-17-6-9-20(10-7-17)16-19(23)22-13-11-21(12-14-22)18-4-2-3-5-18/h17-18H,2-16H2,1H3. The Balaban J connectivity index is 1.34. The molecule has 0 unspecified atom stereocenters. The van der Waals surface area contributed by atoms with E-state index in [-0.39, 0.29) is 0 Å². The topological polar surface area (TPSA) is 36.0 Å². The first-order valence-electron chi connectivity index (χ1n) is 9.99. The molecule has 0 radical (unpaired) electrons. The maximum Gasteiger partial charge on any atom is 0.236 e. The highest BCUT2D eigenvalue weighted by Crippen LogP contribution is 2.24. The van der Waals surface area contributed by atoms with Gasteiger partial charge < -0.3 is 9.64 Å². The fraction of sp³-hybridized carbons (Fsp3) is 0.947. The Morgan fingerprint density at radius 1 is 0.958 bits per heavy atom. The highest BCUT2D eigenvalue weighted by Gasteiger charge is 2.29. The van der Waals surface area contributed by atoms with Crippen molar-refractivity contribution in [3.63, 3.8) is 0 Å². The molecule has 0 N–H and O–H groups in total. The highest BCUT2D eigenvalue weighted by molar-refractivity contribution is 5.78. The molecule has 0 aromatic carbocycles. The van der Waals surface area contributed by atoms with E-state index in [9.17, 15) is 4.79 Å². The van der Waals surface area contributed by atoms with E-state index >= 15 is 0 Å². The van der Waals surface area contributed by atoms with Gasteiger partial charge in [-0.3, -0.25) is 14.6 Å². The smallest absolute Gasteiger partial charge is 0.236 e. The number of hydrogen-bond acceptors (Lipinski definition) is 4. The van der Waals surface area contributed by atoms with Gasteiger partial charge in [-0.25, -0.2) is 0 Å². The van der Waals surface area contributed by atoms with Crippen LogP contribution < -0.4 is 0 Å². The molecule has 5 heteroatoms. The molecular weight excluding hydrogens is 302 g/mol. The van der Waals surface area contributed by atoms with Crippen molar-refractivity contribution in [1.29, 1.82) is 0 Å². The summed E-state index contributed by atoms with van der Waals surface area (Å²) < 4.78 is 5.18. The van der Waals surface area contributed by atoms with Crippen LogP contribution >= 0.6 is 0 Å². The first kappa shape index (κ1) is 18.2. The molecule has 0 aromatic rings. The number of nitrogens with zero attached hydrogens (tertiary/aromatic N) is 3. The summed E-state index contributed by atoms with van der Waals surface area (Å²) in [5, 5.41) is 0. The second-order valence-corrected chi connectivity index (χ2v) is 7.86. The number of ether oxygens (including phenoxy) is 1. The van der Waals surface area contributed by atoms with Crippen molar-refractivity contribution < 1.29 is 9.53 Å². The van der Waals surface area contributed by atoms with Gasteiger partial charge in [0.1, 0.15) is 0 Å². The largest absolute Gasteiger partial charge is 0.385 e. The number of rotatable bonds is 6. The third kappa shape index (κ3) is 4.93. The number of likely N-dealkylation sites (tertiary alicyclic amines) is 1. The summed E-state index contributed by atoms with van der Waals surface area (Å²) in [7, 11) is 1.78. The minimum absolute atomic E-state index is 0.344. The van der Waals surface area contributed by atoms with Crippen molar-refractivity contribution in [3.05, 3.63) is 0 Å². The number of carbonyl (C=O) groups excluding carboxylic acids is 1. The van der Waals surface area contributed by atoms with Crippen LogP contribution in [0.1, 0.15) is 44.9 Å². The Morgan fingerprint density at radius 2 is 1.62 bits per heavy atom. The number of methoxy groups -OCH3 is 1. The van der Waals surface area contributed by atoms with E-state index in [2.05, 4.69) is 14.7 Å². The Hall–Kier alpha value is -0.650. The molecule has 3 fully saturated rings. The SMILES string of the molecule is COCCC1CCN(CC(=O)N2CCN(C3CCCC3)CC2)CC1. The van der Waals surface area contributed by atoms with Gasteiger partial charge in [-0.05, 0) is 51.1 Å². The molecule has 1 saturated carbocycles. The Morgan fingerprint density at radius 3 is 2.25 bits per heavy atom. The maximum atomic E-state index is 12.6. The van der Waals surface area contributed by atoms with Crippen LogP contribution in [0.3, 0.4) is 0 Å². The van der Waals surface area contributed by atoms with Crippen LogP contribution in [0.4, 0.5) is 0 Å². The fourth-order valence-electron chi connectivity index (χ4n) is 4.61. The molecule has 24 heavy (non-hydrogen) atoms. The van der Waals surface area contributed by atoms with Crippen molar-refractivity contribution in [2.75, 3.05) is 59.5 Å². The average molecular weight is 338 g/mol. The van der Waals surface area contributed by atoms with Gasteiger partial charge in [-0.15, -0.1) is 0 Å². The molecule has 2 saturated heterocycles. The predicted molar refractivity (Wildman–Crippen MR) is 96.1 cm³/mol. The van der Waals surface area contributed by atoms with Gasteiger partial charge in [0.25, 0.3) is 0 Å². The summed E-state index contributed by atoms with van der Waals surface area (Å²) in [6.07, 6.45) is 9.12. The third-order valence-corrected chi connectivity index (χ3v) is 6.30. The van der Waals surface area contributed by atoms with Crippen LogP contribution in [0.5, 0.6) is 0 Å². The molecule has 2 heterocycles. The maximum absolute atomic E-state index is 12.6. The minimum Gasteiger partial charge on any atom is -0.385 e. The molecule has 138 valence electrons. The summed E-state index contributed by atoms with van der Waals surface area (Å²) in [5.74, 6) is 1.13. The summed E-state index contributed by atoms with van der Waals surface area (Å²) in [6.45, 7) is 7.66. The Bertz CT molecular complexity index is 382. The van der Waals surface area contributed by atoms with Crippen LogP contribution in [0.2, 0.25) is 0 Å². The Kier molecular flexibility index (Phi) is 6.93. The number of amides is 1. The Labute approximate surface area is 147 Å². The van der Waals surface area contributed by atoms with Crippen LogP contribution in [0.25, 0.3) is 0 Å². The fourth-order valence-corrected chi connectivity index (χ4v) is 4.61.